The number of anilines is 1. The summed E-state index contributed by atoms with van der Waals surface area (Å²) in [6, 6.07) is 3.14. The Morgan fingerprint density at radius 3 is 2.76 bits per heavy atom. The normalized spacial score (nSPS) is 19.8. The first-order valence-corrected chi connectivity index (χ1v) is 5.83. The predicted molar refractivity (Wildman–Crippen MR) is 65.2 cm³/mol. The molecule has 1 amide bonds. The molecule has 0 bridgehead atoms. The smallest absolute Gasteiger partial charge is 0.423 e. The summed E-state index contributed by atoms with van der Waals surface area (Å²) in [5.74, 6) is 1.14. The molecule has 1 atom stereocenters. The zero-order valence-electron chi connectivity index (χ0n) is 9.08. The molecule has 1 saturated heterocycles. The van der Waals surface area contributed by atoms with Crippen LogP contribution in [0.4, 0.5) is 5.82 Å². The molecule has 0 aliphatic carbocycles. The molecule has 1 aromatic heterocycles. The van der Waals surface area contributed by atoms with Gasteiger partial charge in [0.1, 0.15) is 5.82 Å². The monoisotopic (exact) mass is 254 g/mol. The van der Waals surface area contributed by atoms with E-state index >= 15 is 0 Å². The third-order valence-corrected chi connectivity index (χ3v) is 3.21. The average Bonchev–Trinajstić information content (AvgIpc) is 2.71. The molecule has 0 spiro atoms. The summed E-state index contributed by atoms with van der Waals surface area (Å²) in [4.78, 5) is 17.3. The summed E-state index contributed by atoms with van der Waals surface area (Å²) in [5.41, 5.74) is 0.300. The van der Waals surface area contributed by atoms with Gasteiger partial charge in [0.2, 0.25) is 5.91 Å². The number of pyridine rings is 1. The first-order chi connectivity index (χ1) is 8.11. The Bertz CT molecular complexity index is 413. The van der Waals surface area contributed by atoms with Gasteiger partial charge in [-0.25, -0.2) is 4.98 Å². The van der Waals surface area contributed by atoms with Gasteiger partial charge in [-0.3, -0.25) is 9.69 Å². The summed E-state index contributed by atoms with van der Waals surface area (Å²) < 4.78 is 0. The summed E-state index contributed by atoms with van der Waals surface area (Å²) in [7, 11) is -1.54. The summed E-state index contributed by atoms with van der Waals surface area (Å²) >= 11 is 5.73. The van der Waals surface area contributed by atoms with Crippen LogP contribution in [0.2, 0.25) is 0 Å². The van der Waals surface area contributed by atoms with Crippen LogP contribution in [0.5, 0.6) is 0 Å². The second-order valence-corrected chi connectivity index (χ2v) is 4.36. The van der Waals surface area contributed by atoms with Crippen molar-refractivity contribution < 1.29 is 14.8 Å². The van der Waals surface area contributed by atoms with Crippen LogP contribution in [-0.4, -0.2) is 40.5 Å². The van der Waals surface area contributed by atoms with Crippen molar-refractivity contribution in [2.75, 3.05) is 17.3 Å². The fraction of sp³-hybridized carbons (Fsp3) is 0.400. The van der Waals surface area contributed by atoms with Crippen molar-refractivity contribution in [2.45, 2.75) is 6.42 Å². The molecule has 2 heterocycles. The van der Waals surface area contributed by atoms with Crippen LogP contribution in [0.25, 0.3) is 0 Å². The molecule has 0 aromatic carbocycles. The molecule has 0 radical (unpaired) electrons. The van der Waals surface area contributed by atoms with Gasteiger partial charge in [-0.1, -0.05) is 6.07 Å². The van der Waals surface area contributed by atoms with E-state index in [0.717, 1.165) is 0 Å². The number of amides is 1. The third-order valence-electron chi connectivity index (χ3n) is 2.77. The molecule has 90 valence electrons. The summed E-state index contributed by atoms with van der Waals surface area (Å²) in [6.45, 7) is 0.566. The Kier molecular flexibility index (Phi) is 3.66. The average molecular weight is 254 g/mol. The van der Waals surface area contributed by atoms with Crippen molar-refractivity contribution >= 4 is 35.9 Å². The number of hydrogen-bond donors (Lipinski definition) is 2. The minimum atomic E-state index is -1.54. The summed E-state index contributed by atoms with van der Waals surface area (Å²) in [5, 5.41) is 17.9. The van der Waals surface area contributed by atoms with Crippen LogP contribution in [0.3, 0.4) is 0 Å². The number of carbonyl (C=O) groups excluding carboxylic acids is 1. The Morgan fingerprint density at radius 2 is 2.29 bits per heavy atom. The molecule has 7 heteroatoms. The van der Waals surface area contributed by atoms with Gasteiger partial charge < -0.3 is 10.0 Å². The Labute approximate surface area is 104 Å². The Hall–Kier alpha value is -1.11. The largest absolute Gasteiger partial charge is 0.490 e. The maximum absolute atomic E-state index is 11.7. The molecule has 1 fully saturated rings. The molecule has 1 aliphatic rings. The molecular weight excluding hydrogens is 242 g/mol. The number of halogens is 1. The van der Waals surface area contributed by atoms with Crippen molar-refractivity contribution in [3.8, 4) is 0 Å². The van der Waals surface area contributed by atoms with Crippen LogP contribution >= 0.6 is 11.6 Å². The van der Waals surface area contributed by atoms with Crippen LogP contribution in [0.15, 0.2) is 18.3 Å². The molecule has 2 N–H and O–H groups in total. The number of aromatic nitrogens is 1. The molecule has 0 saturated carbocycles. The fourth-order valence-electron chi connectivity index (χ4n) is 1.82. The van der Waals surface area contributed by atoms with E-state index in [0.29, 0.717) is 30.1 Å². The van der Waals surface area contributed by atoms with Crippen LogP contribution in [0, 0.1) is 5.92 Å². The molecule has 1 aliphatic heterocycles. The van der Waals surface area contributed by atoms with E-state index < -0.39 is 7.12 Å². The maximum Gasteiger partial charge on any atom is 0.490 e. The van der Waals surface area contributed by atoms with Crippen LogP contribution < -0.4 is 10.4 Å². The highest BCUT2D eigenvalue weighted by molar-refractivity contribution is 6.58. The molecule has 5 nitrogen and oxygen atoms in total. The number of rotatable bonds is 3. The lowest BCUT2D eigenvalue weighted by atomic mass is 9.82. The molecular formula is C10H12BClN2O3. The summed E-state index contributed by atoms with van der Waals surface area (Å²) in [6.07, 6.45) is 1.79. The Morgan fingerprint density at radius 1 is 1.53 bits per heavy atom. The molecule has 1 unspecified atom stereocenters. The van der Waals surface area contributed by atoms with Crippen molar-refractivity contribution in [2.24, 2.45) is 5.92 Å². The van der Waals surface area contributed by atoms with E-state index in [1.54, 1.807) is 11.0 Å². The first-order valence-electron chi connectivity index (χ1n) is 5.30. The Balaban J connectivity index is 2.15. The van der Waals surface area contributed by atoms with E-state index in [-0.39, 0.29) is 11.8 Å². The lowest BCUT2D eigenvalue weighted by Gasteiger charge is -2.15. The zero-order valence-corrected chi connectivity index (χ0v) is 9.84. The van der Waals surface area contributed by atoms with Crippen molar-refractivity contribution in [1.82, 2.24) is 4.98 Å². The number of carbonyl (C=O) groups is 1. The van der Waals surface area contributed by atoms with E-state index in [1.165, 1.54) is 12.3 Å². The molecule has 17 heavy (non-hydrogen) atoms. The lowest BCUT2D eigenvalue weighted by molar-refractivity contribution is -0.117. The highest BCUT2D eigenvalue weighted by atomic mass is 35.5. The van der Waals surface area contributed by atoms with E-state index in [4.69, 9.17) is 21.6 Å². The van der Waals surface area contributed by atoms with Gasteiger partial charge in [-0.15, -0.1) is 11.6 Å². The molecule has 2 rings (SSSR count). The van der Waals surface area contributed by atoms with Gasteiger partial charge in [0, 0.05) is 30.5 Å². The highest BCUT2D eigenvalue weighted by Crippen LogP contribution is 2.23. The quantitative estimate of drug-likeness (QED) is 0.555. The first kappa shape index (κ1) is 12.4. The zero-order chi connectivity index (χ0) is 12.4. The maximum atomic E-state index is 11.7. The standard InChI is InChI=1S/C10H12BClN2O3/c12-4-7-3-10(15)14(6-7)9-2-1-8(5-13-9)11(16)17/h1-2,5,7,16-17H,3-4,6H2. The number of hydrogen-bond acceptors (Lipinski definition) is 4. The van der Waals surface area contributed by atoms with Gasteiger partial charge in [-0.2, -0.15) is 0 Å². The lowest BCUT2D eigenvalue weighted by Crippen LogP contribution is -2.31. The van der Waals surface area contributed by atoms with Gasteiger partial charge in [0.25, 0.3) is 0 Å². The third kappa shape index (κ3) is 2.59. The van der Waals surface area contributed by atoms with Crippen LogP contribution in [-0.2, 0) is 4.79 Å². The number of alkyl halides is 1. The van der Waals surface area contributed by atoms with Gasteiger partial charge >= 0.3 is 7.12 Å². The van der Waals surface area contributed by atoms with Crippen LogP contribution in [0.1, 0.15) is 6.42 Å². The van der Waals surface area contributed by atoms with Crippen molar-refractivity contribution in [3.63, 3.8) is 0 Å². The SMILES string of the molecule is O=C1CC(CCl)CN1c1ccc(B(O)O)cn1. The van der Waals surface area contributed by atoms with Gasteiger partial charge in [0.05, 0.1) is 0 Å². The van der Waals surface area contributed by atoms with E-state index in [2.05, 4.69) is 4.98 Å². The van der Waals surface area contributed by atoms with E-state index in [1.807, 2.05) is 0 Å². The highest BCUT2D eigenvalue weighted by Gasteiger charge is 2.30. The van der Waals surface area contributed by atoms with Gasteiger partial charge in [-0.05, 0) is 12.0 Å². The number of nitrogens with zero attached hydrogens (tertiary/aromatic N) is 2. The van der Waals surface area contributed by atoms with Gasteiger partial charge in [0.15, 0.2) is 0 Å². The predicted octanol–water partition coefficient (Wildman–Crippen LogP) is -0.647. The molecule has 1 aromatic rings. The van der Waals surface area contributed by atoms with Crippen molar-refractivity contribution in [1.29, 1.82) is 0 Å². The minimum absolute atomic E-state index is 0.000414. The van der Waals surface area contributed by atoms with E-state index in [9.17, 15) is 4.79 Å². The topological polar surface area (TPSA) is 73.7 Å². The second-order valence-electron chi connectivity index (χ2n) is 4.05. The van der Waals surface area contributed by atoms with Crippen molar-refractivity contribution in [3.05, 3.63) is 18.3 Å². The minimum Gasteiger partial charge on any atom is -0.423 e. The second kappa shape index (κ2) is 5.04. The fourth-order valence-corrected chi connectivity index (χ4v) is 2.02.